The average molecular weight is 375 g/mol. The number of anilines is 2. The molecular weight excluding hydrogens is 353 g/mol. The number of nitrogens with zero attached hydrogens (tertiary/aromatic N) is 2. The lowest BCUT2D eigenvalue weighted by Gasteiger charge is -2.41. The number of amides is 1. The predicted molar refractivity (Wildman–Crippen MR) is 110 cm³/mol. The number of pyridine rings is 1. The number of benzene rings is 2. The third-order valence-corrected chi connectivity index (χ3v) is 5.73. The minimum Gasteiger partial charge on any atom is -0.399 e. The average Bonchev–Trinajstić information content (AvgIpc) is 2.69. The third-order valence-electron chi connectivity index (χ3n) is 5.73. The Bertz CT molecular complexity index is 1050. The molecule has 142 valence electrons. The van der Waals surface area contributed by atoms with Gasteiger partial charge in [-0.15, -0.1) is 0 Å². The molecule has 0 saturated heterocycles. The smallest absolute Gasteiger partial charge is 0.223 e. The lowest BCUT2D eigenvalue weighted by atomic mass is 9.70. The van der Waals surface area contributed by atoms with E-state index in [2.05, 4.69) is 11.9 Å². The van der Waals surface area contributed by atoms with Crippen molar-refractivity contribution in [3.05, 3.63) is 77.9 Å². The van der Waals surface area contributed by atoms with Crippen LogP contribution in [0.25, 0.3) is 11.1 Å². The lowest BCUT2D eigenvalue weighted by Crippen LogP contribution is -2.41. The molecule has 0 spiro atoms. The van der Waals surface area contributed by atoms with Crippen LogP contribution in [-0.4, -0.2) is 17.4 Å². The largest absolute Gasteiger partial charge is 0.399 e. The number of hydrogen-bond donors (Lipinski definition) is 1. The number of carbonyl (C=O) groups is 1. The van der Waals surface area contributed by atoms with Crippen LogP contribution in [-0.2, 0) is 10.2 Å². The first-order valence-electron chi connectivity index (χ1n) is 9.29. The van der Waals surface area contributed by atoms with Crippen molar-refractivity contribution in [2.24, 2.45) is 0 Å². The number of aromatic nitrogens is 1. The van der Waals surface area contributed by atoms with Crippen molar-refractivity contribution in [2.45, 2.75) is 25.7 Å². The van der Waals surface area contributed by atoms with Crippen LogP contribution in [0.2, 0.25) is 0 Å². The third kappa shape index (κ3) is 2.93. The van der Waals surface area contributed by atoms with Gasteiger partial charge in [-0.1, -0.05) is 31.2 Å². The standard InChI is InChI=1S/C23H22FN3O/c1-15(28)27-12-10-23(2,20-13-18(25)7-8-22(20)27)17-5-3-16(4-6-17)19-9-11-26-14-21(19)24/h3-9,11,13-14H,10,12,25H2,1-2H3. The highest BCUT2D eigenvalue weighted by atomic mass is 19.1. The van der Waals surface area contributed by atoms with E-state index < -0.39 is 0 Å². The summed E-state index contributed by atoms with van der Waals surface area (Å²) in [5.41, 5.74) is 10.8. The molecule has 4 nitrogen and oxygen atoms in total. The Morgan fingerprint density at radius 3 is 2.61 bits per heavy atom. The number of carbonyl (C=O) groups excluding carboxylic acids is 1. The van der Waals surface area contributed by atoms with Gasteiger partial charge in [0.1, 0.15) is 5.82 Å². The Labute approximate surface area is 163 Å². The van der Waals surface area contributed by atoms with E-state index in [1.165, 1.54) is 6.20 Å². The quantitative estimate of drug-likeness (QED) is 0.670. The van der Waals surface area contributed by atoms with Crippen LogP contribution in [0.1, 0.15) is 31.4 Å². The van der Waals surface area contributed by atoms with Gasteiger partial charge in [0.25, 0.3) is 0 Å². The van der Waals surface area contributed by atoms with Gasteiger partial charge in [-0.3, -0.25) is 9.78 Å². The zero-order chi connectivity index (χ0) is 19.9. The first kappa shape index (κ1) is 18.2. The summed E-state index contributed by atoms with van der Waals surface area (Å²) < 4.78 is 14.1. The molecule has 0 bridgehead atoms. The molecule has 1 amide bonds. The number of nitrogens with two attached hydrogens (primary N) is 1. The zero-order valence-corrected chi connectivity index (χ0v) is 15.9. The van der Waals surface area contributed by atoms with E-state index >= 15 is 0 Å². The number of halogens is 1. The van der Waals surface area contributed by atoms with Crippen LogP contribution < -0.4 is 10.6 Å². The maximum Gasteiger partial charge on any atom is 0.223 e. The molecule has 3 aromatic rings. The Morgan fingerprint density at radius 2 is 1.93 bits per heavy atom. The van der Waals surface area contributed by atoms with Gasteiger partial charge in [0.15, 0.2) is 0 Å². The highest BCUT2D eigenvalue weighted by molar-refractivity contribution is 5.93. The second-order valence-corrected chi connectivity index (χ2v) is 7.46. The summed E-state index contributed by atoms with van der Waals surface area (Å²) >= 11 is 0. The first-order chi connectivity index (χ1) is 13.4. The molecule has 5 heteroatoms. The molecule has 28 heavy (non-hydrogen) atoms. The molecule has 1 aromatic heterocycles. The number of hydrogen-bond acceptors (Lipinski definition) is 3. The summed E-state index contributed by atoms with van der Waals surface area (Å²) in [6.07, 6.45) is 3.59. The van der Waals surface area contributed by atoms with Crippen LogP contribution in [0.15, 0.2) is 60.9 Å². The molecule has 0 fully saturated rings. The molecule has 1 aliphatic rings. The molecule has 1 unspecified atom stereocenters. The number of nitrogen functional groups attached to an aromatic ring is 1. The molecule has 0 aliphatic carbocycles. The summed E-state index contributed by atoms with van der Waals surface area (Å²) in [6, 6.07) is 15.3. The fourth-order valence-corrected chi connectivity index (χ4v) is 4.08. The van der Waals surface area contributed by atoms with Gasteiger partial charge in [0.05, 0.1) is 6.20 Å². The van der Waals surface area contributed by atoms with Crippen LogP contribution in [0.5, 0.6) is 0 Å². The fraction of sp³-hybridized carbons (Fsp3) is 0.217. The van der Waals surface area contributed by atoms with Gasteiger partial charge in [-0.2, -0.15) is 0 Å². The lowest BCUT2D eigenvalue weighted by molar-refractivity contribution is -0.116. The second-order valence-electron chi connectivity index (χ2n) is 7.46. The summed E-state index contributed by atoms with van der Waals surface area (Å²) in [7, 11) is 0. The van der Waals surface area contributed by atoms with Gasteiger partial charge >= 0.3 is 0 Å². The Hall–Kier alpha value is -3.21. The van der Waals surface area contributed by atoms with E-state index in [1.807, 2.05) is 42.5 Å². The minimum atomic E-state index is -0.339. The molecule has 2 heterocycles. The van der Waals surface area contributed by atoms with Crippen molar-refractivity contribution in [3.63, 3.8) is 0 Å². The number of fused-ring (bicyclic) bond motifs is 1. The summed E-state index contributed by atoms with van der Waals surface area (Å²) in [5, 5.41) is 0. The Kier molecular flexibility index (Phi) is 4.38. The van der Waals surface area contributed by atoms with E-state index in [4.69, 9.17) is 5.73 Å². The van der Waals surface area contributed by atoms with Gasteiger partial charge < -0.3 is 10.6 Å². The van der Waals surface area contributed by atoms with Crippen molar-refractivity contribution in [2.75, 3.05) is 17.2 Å². The van der Waals surface area contributed by atoms with Crippen molar-refractivity contribution >= 4 is 17.3 Å². The van der Waals surface area contributed by atoms with Gasteiger partial charge in [-0.05, 0) is 47.4 Å². The van der Waals surface area contributed by atoms with Crippen molar-refractivity contribution in [1.82, 2.24) is 4.98 Å². The molecule has 2 N–H and O–H groups in total. The Balaban J connectivity index is 1.78. The van der Waals surface area contributed by atoms with E-state index in [0.717, 1.165) is 28.8 Å². The molecule has 2 aromatic carbocycles. The van der Waals surface area contributed by atoms with E-state index in [1.54, 1.807) is 24.1 Å². The van der Waals surface area contributed by atoms with Crippen LogP contribution in [0.3, 0.4) is 0 Å². The summed E-state index contributed by atoms with van der Waals surface area (Å²) in [4.78, 5) is 17.7. The van der Waals surface area contributed by atoms with Crippen LogP contribution >= 0.6 is 0 Å². The maximum atomic E-state index is 14.1. The predicted octanol–water partition coefficient (Wildman–Crippen LogP) is 4.53. The molecule has 1 aliphatic heterocycles. The second kappa shape index (κ2) is 6.75. The number of rotatable bonds is 2. The topological polar surface area (TPSA) is 59.2 Å². The van der Waals surface area contributed by atoms with Crippen molar-refractivity contribution < 1.29 is 9.18 Å². The van der Waals surface area contributed by atoms with Crippen molar-refractivity contribution in [1.29, 1.82) is 0 Å². The maximum absolute atomic E-state index is 14.1. The fourth-order valence-electron chi connectivity index (χ4n) is 4.08. The van der Waals surface area contributed by atoms with E-state index in [0.29, 0.717) is 17.8 Å². The first-order valence-corrected chi connectivity index (χ1v) is 9.29. The van der Waals surface area contributed by atoms with E-state index in [9.17, 15) is 9.18 Å². The molecule has 0 radical (unpaired) electrons. The SMILES string of the molecule is CC(=O)N1CCC(C)(c2ccc(-c3ccncc3F)cc2)c2cc(N)ccc21. The molecular formula is C23H22FN3O. The summed E-state index contributed by atoms with van der Waals surface area (Å²) in [5.74, 6) is -0.314. The van der Waals surface area contributed by atoms with E-state index in [-0.39, 0.29) is 17.1 Å². The van der Waals surface area contributed by atoms with Crippen molar-refractivity contribution in [3.8, 4) is 11.1 Å². The highest BCUT2D eigenvalue weighted by Gasteiger charge is 2.37. The zero-order valence-electron chi connectivity index (χ0n) is 15.9. The normalized spacial score (nSPS) is 18.6. The van der Waals surface area contributed by atoms with Crippen LogP contribution in [0, 0.1) is 5.82 Å². The molecule has 0 saturated carbocycles. The highest BCUT2D eigenvalue weighted by Crippen LogP contribution is 2.45. The molecule has 1 atom stereocenters. The summed E-state index contributed by atoms with van der Waals surface area (Å²) in [6.45, 7) is 4.40. The minimum absolute atomic E-state index is 0.0246. The molecule has 4 rings (SSSR count). The van der Waals surface area contributed by atoms with Gasteiger partial charge in [0.2, 0.25) is 5.91 Å². The van der Waals surface area contributed by atoms with Gasteiger partial charge in [-0.25, -0.2) is 4.39 Å². The Morgan fingerprint density at radius 1 is 1.18 bits per heavy atom. The van der Waals surface area contributed by atoms with Gasteiger partial charge in [0, 0.05) is 42.0 Å². The van der Waals surface area contributed by atoms with Crippen LogP contribution in [0.4, 0.5) is 15.8 Å². The monoisotopic (exact) mass is 375 g/mol.